The maximum Gasteiger partial charge on any atom is 0.166 e. The molecule has 0 fully saturated rings. The van der Waals surface area contributed by atoms with Crippen LogP contribution in [0.1, 0.15) is 29.3 Å². The second kappa shape index (κ2) is 11.8. The normalized spacial score (nSPS) is 13.7. The highest BCUT2D eigenvalue weighted by molar-refractivity contribution is 7.25. The van der Waals surface area contributed by atoms with Gasteiger partial charge in [-0.05, 0) is 64.7 Å². The average Bonchev–Trinajstić information content (AvgIpc) is 3.74. The summed E-state index contributed by atoms with van der Waals surface area (Å²) >= 11 is 1.85. The third-order valence-corrected chi connectivity index (χ3v) is 11.1. The summed E-state index contributed by atoms with van der Waals surface area (Å²) in [4.78, 5) is 10.6. The van der Waals surface area contributed by atoms with Gasteiger partial charge in [0.2, 0.25) is 0 Å². The number of aromatic nitrogens is 1. The lowest BCUT2D eigenvalue weighted by Crippen LogP contribution is -2.18. The van der Waals surface area contributed by atoms with Gasteiger partial charge in [-0.2, -0.15) is 0 Å². The largest absolute Gasteiger partial charge is 0.309 e. The number of para-hydroxylation sites is 2. The molecule has 0 spiro atoms. The summed E-state index contributed by atoms with van der Waals surface area (Å²) < 4.78 is 4.90. The molecule has 0 atom stereocenters. The van der Waals surface area contributed by atoms with Gasteiger partial charge in [0.25, 0.3) is 0 Å². The molecule has 3 heterocycles. The molecule has 0 aliphatic carbocycles. The first kappa shape index (κ1) is 28.9. The molecule has 1 aliphatic heterocycles. The van der Waals surface area contributed by atoms with Gasteiger partial charge in [0.1, 0.15) is 0 Å². The minimum Gasteiger partial charge on any atom is -0.309 e. The van der Waals surface area contributed by atoms with Crippen LogP contribution >= 0.6 is 11.3 Å². The molecule has 0 radical (unpaired) electrons. The third kappa shape index (κ3) is 4.80. The fourth-order valence-electron chi connectivity index (χ4n) is 7.58. The van der Waals surface area contributed by atoms with Crippen LogP contribution in [0.4, 0.5) is 0 Å². The third-order valence-electron chi connectivity index (χ3n) is 9.93. The Bertz CT molecular complexity index is 2720. The summed E-state index contributed by atoms with van der Waals surface area (Å²) in [6, 6.07) is 60.9. The van der Waals surface area contributed by atoms with E-state index in [0.29, 0.717) is 6.42 Å². The minimum absolute atomic E-state index is 0.320. The molecule has 3 nitrogen and oxygen atoms in total. The van der Waals surface area contributed by atoms with Crippen molar-refractivity contribution in [1.82, 2.24) is 4.57 Å². The molecule has 0 unspecified atom stereocenters. The summed E-state index contributed by atoms with van der Waals surface area (Å²) in [6.07, 6.45) is 0.391. The van der Waals surface area contributed by atoms with E-state index in [0.717, 1.165) is 28.1 Å². The monoisotopic (exact) mass is 657 g/mol. The van der Waals surface area contributed by atoms with Crippen molar-refractivity contribution in [2.24, 2.45) is 9.98 Å². The number of hydrogen-bond donors (Lipinski definition) is 0. The molecular weight excluding hydrogens is 627 g/mol. The van der Waals surface area contributed by atoms with Crippen LogP contribution in [0.5, 0.6) is 0 Å². The van der Waals surface area contributed by atoms with E-state index in [1.165, 1.54) is 58.8 Å². The Kier molecular flexibility index (Phi) is 6.81. The Morgan fingerprint density at radius 1 is 0.460 bits per heavy atom. The number of aliphatic imine (C=N–C) groups is 2. The molecule has 50 heavy (non-hydrogen) atoms. The topological polar surface area (TPSA) is 29.6 Å². The zero-order chi connectivity index (χ0) is 33.0. The molecule has 4 heteroatoms. The number of rotatable bonds is 5. The van der Waals surface area contributed by atoms with E-state index < -0.39 is 0 Å². The molecule has 0 saturated carbocycles. The SMILES string of the molecule is c1ccc(C2=NC(c3cccc4sc5cc(-c6ccc7c(c6)c6ccccc6n7-c6ccccc6)ccc5c34)N=C(c3ccccc3)C2)cc1. The second-order valence-electron chi connectivity index (χ2n) is 12.9. The Labute approximate surface area is 294 Å². The van der Waals surface area contributed by atoms with Crippen LogP contribution in [0.2, 0.25) is 0 Å². The zero-order valence-corrected chi connectivity index (χ0v) is 28.0. The van der Waals surface area contributed by atoms with Crippen LogP contribution in [0.15, 0.2) is 180 Å². The van der Waals surface area contributed by atoms with Gasteiger partial charge in [-0.1, -0.05) is 127 Å². The molecule has 0 bridgehead atoms. The van der Waals surface area contributed by atoms with Crippen LogP contribution in [0, 0.1) is 0 Å². The summed E-state index contributed by atoms with van der Waals surface area (Å²) in [5, 5.41) is 5.03. The molecule has 236 valence electrons. The van der Waals surface area contributed by atoms with Gasteiger partial charge < -0.3 is 4.57 Å². The quantitative estimate of drug-likeness (QED) is 0.176. The molecule has 1 aliphatic rings. The van der Waals surface area contributed by atoms with Crippen LogP contribution < -0.4 is 0 Å². The van der Waals surface area contributed by atoms with Gasteiger partial charge in [-0.3, -0.25) is 9.98 Å². The lowest BCUT2D eigenvalue weighted by atomic mass is 9.96. The lowest BCUT2D eigenvalue weighted by Gasteiger charge is -2.21. The van der Waals surface area contributed by atoms with Gasteiger partial charge in [0.15, 0.2) is 6.17 Å². The van der Waals surface area contributed by atoms with E-state index in [-0.39, 0.29) is 6.17 Å². The summed E-state index contributed by atoms with van der Waals surface area (Å²) in [5.74, 6) is 0. The van der Waals surface area contributed by atoms with Gasteiger partial charge in [-0.15, -0.1) is 11.3 Å². The first-order chi connectivity index (χ1) is 24.8. The van der Waals surface area contributed by atoms with Crippen LogP contribution in [0.3, 0.4) is 0 Å². The molecular formula is C46H31N3S. The number of thiophene rings is 1. The number of fused-ring (bicyclic) bond motifs is 6. The highest BCUT2D eigenvalue weighted by atomic mass is 32.1. The van der Waals surface area contributed by atoms with Crippen molar-refractivity contribution in [3.05, 3.63) is 187 Å². The van der Waals surface area contributed by atoms with Crippen molar-refractivity contribution in [3.8, 4) is 16.8 Å². The van der Waals surface area contributed by atoms with Crippen LogP contribution in [-0.2, 0) is 0 Å². The van der Waals surface area contributed by atoms with Gasteiger partial charge >= 0.3 is 0 Å². The van der Waals surface area contributed by atoms with Gasteiger partial charge in [0, 0.05) is 48.6 Å². The predicted octanol–water partition coefficient (Wildman–Crippen LogP) is 12.2. The number of nitrogens with zero attached hydrogens (tertiary/aromatic N) is 3. The molecule has 2 aromatic heterocycles. The van der Waals surface area contributed by atoms with Crippen LogP contribution in [0.25, 0.3) is 58.8 Å². The molecule has 10 rings (SSSR count). The van der Waals surface area contributed by atoms with Crippen molar-refractivity contribution >= 4 is 64.7 Å². The van der Waals surface area contributed by atoms with Crippen molar-refractivity contribution in [3.63, 3.8) is 0 Å². The maximum atomic E-state index is 5.31. The highest BCUT2D eigenvalue weighted by Gasteiger charge is 2.24. The first-order valence-electron chi connectivity index (χ1n) is 17.1. The minimum atomic E-state index is -0.320. The Balaban J connectivity index is 1.10. The Hall–Kier alpha value is -6.10. The van der Waals surface area contributed by atoms with E-state index in [9.17, 15) is 0 Å². The van der Waals surface area contributed by atoms with Crippen molar-refractivity contribution in [1.29, 1.82) is 0 Å². The fourth-order valence-corrected chi connectivity index (χ4v) is 8.76. The number of benzene rings is 7. The standard InChI is InChI=1S/C46H31N3S/c1-4-13-30(14-5-1)39-29-40(31-15-6-2-7-16-31)48-46(47-39)37-20-12-22-43-45(37)36-25-23-33(28-44(36)50-43)32-24-26-42-38(27-32)35-19-10-11-21-41(35)49(42)34-17-8-3-9-18-34/h1-28,46H,29H2. The summed E-state index contributed by atoms with van der Waals surface area (Å²) in [7, 11) is 0. The molecule has 0 saturated heterocycles. The summed E-state index contributed by atoms with van der Waals surface area (Å²) in [6.45, 7) is 0. The smallest absolute Gasteiger partial charge is 0.166 e. The van der Waals surface area contributed by atoms with Gasteiger partial charge in [0.05, 0.1) is 22.5 Å². The van der Waals surface area contributed by atoms with Crippen molar-refractivity contribution in [2.75, 3.05) is 0 Å². The van der Waals surface area contributed by atoms with Gasteiger partial charge in [-0.25, -0.2) is 0 Å². The predicted molar refractivity (Wildman–Crippen MR) is 212 cm³/mol. The van der Waals surface area contributed by atoms with E-state index >= 15 is 0 Å². The lowest BCUT2D eigenvalue weighted by molar-refractivity contribution is 0.771. The summed E-state index contributed by atoms with van der Waals surface area (Å²) in [5.41, 5.74) is 11.6. The second-order valence-corrected chi connectivity index (χ2v) is 14.0. The van der Waals surface area contributed by atoms with Crippen LogP contribution in [-0.4, -0.2) is 16.0 Å². The molecule has 7 aromatic carbocycles. The van der Waals surface area contributed by atoms with Crippen molar-refractivity contribution < 1.29 is 0 Å². The van der Waals surface area contributed by atoms with Crippen molar-refractivity contribution in [2.45, 2.75) is 12.6 Å². The molecule has 0 N–H and O–H groups in total. The van der Waals surface area contributed by atoms with E-state index in [2.05, 4.69) is 174 Å². The number of hydrogen-bond acceptors (Lipinski definition) is 3. The van der Waals surface area contributed by atoms with E-state index in [1.54, 1.807) is 0 Å². The average molecular weight is 658 g/mol. The Morgan fingerprint density at radius 2 is 1.08 bits per heavy atom. The molecule has 0 amide bonds. The zero-order valence-electron chi connectivity index (χ0n) is 27.2. The highest BCUT2D eigenvalue weighted by Crippen LogP contribution is 2.42. The fraction of sp³-hybridized carbons (Fsp3) is 0.0435. The van der Waals surface area contributed by atoms with E-state index in [4.69, 9.17) is 9.98 Å². The molecule has 9 aromatic rings. The maximum absolute atomic E-state index is 5.31. The van der Waals surface area contributed by atoms with E-state index in [1.807, 2.05) is 11.3 Å². The first-order valence-corrected chi connectivity index (χ1v) is 17.9. The Morgan fingerprint density at radius 3 is 1.82 bits per heavy atom.